The number of benzene rings is 1. The Labute approximate surface area is 93.3 Å². The fourth-order valence-corrected chi connectivity index (χ4v) is 2.31. The van der Waals surface area contributed by atoms with Crippen molar-refractivity contribution >= 4 is 0 Å². The van der Waals surface area contributed by atoms with Crippen molar-refractivity contribution in [1.29, 1.82) is 0 Å². The van der Waals surface area contributed by atoms with Gasteiger partial charge < -0.3 is 15.2 Å². The summed E-state index contributed by atoms with van der Waals surface area (Å²) in [5.74, 6) is 0.467. The van der Waals surface area contributed by atoms with Crippen LogP contribution in [0.25, 0.3) is 0 Å². The highest BCUT2D eigenvalue weighted by molar-refractivity contribution is 5.42. The lowest BCUT2D eigenvalue weighted by Crippen LogP contribution is -2.44. The Hall–Kier alpha value is -1.13. The Kier molecular flexibility index (Phi) is 2.16. The van der Waals surface area contributed by atoms with Crippen molar-refractivity contribution in [2.75, 3.05) is 6.79 Å². The molecule has 4 heteroatoms. The van der Waals surface area contributed by atoms with Crippen molar-refractivity contribution < 1.29 is 13.9 Å². The summed E-state index contributed by atoms with van der Waals surface area (Å²) in [6.07, 6.45) is 2.76. The summed E-state index contributed by atoms with van der Waals surface area (Å²) in [6.45, 7) is 0.639. The quantitative estimate of drug-likeness (QED) is 0.792. The van der Waals surface area contributed by atoms with E-state index in [2.05, 4.69) is 0 Å². The highest BCUT2D eigenvalue weighted by atomic mass is 19.1. The summed E-state index contributed by atoms with van der Waals surface area (Å²) in [4.78, 5) is 0. The summed E-state index contributed by atoms with van der Waals surface area (Å²) in [6, 6.07) is 3.23. The second-order valence-electron chi connectivity index (χ2n) is 4.56. The average Bonchev–Trinajstić information content (AvgIpc) is 2.25. The van der Waals surface area contributed by atoms with Crippen LogP contribution in [0, 0.1) is 5.82 Å². The van der Waals surface area contributed by atoms with E-state index in [4.69, 9.17) is 15.2 Å². The highest BCUT2D eigenvalue weighted by Gasteiger charge is 2.37. The van der Waals surface area contributed by atoms with Gasteiger partial charge in [-0.3, -0.25) is 0 Å². The third-order valence-electron chi connectivity index (χ3n) is 3.49. The number of rotatable bonds is 1. The third kappa shape index (κ3) is 1.41. The Bertz CT molecular complexity index is 429. The van der Waals surface area contributed by atoms with Gasteiger partial charge in [0, 0.05) is 16.7 Å². The van der Waals surface area contributed by atoms with Gasteiger partial charge in [-0.15, -0.1) is 0 Å². The van der Waals surface area contributed by atoms with E-state index < -0.39 is 5.54 Å². The number of halogens is 1. The van der Waals surface area contributed by atoms with Crippen LogP contribution < -0.4 is 10.5 Å². The lowest BCUT2D eigenvalue weighted by Gasteiger charge is -2.39. The second-order valence-corrected chi connectivity index (χ2v) is 4.56. The fourth-order valence-electron chi connectivity index (χ4n) is 2.31. The maximum Gasteiger partial charge on any atom is 0.189 e. The molecule has 1 aliphatic carbocycles. The Balaban J connectivity index is 2.05. The summed E-state index contributed by atoms with van der Waals surface area (Å²) in [7, 11) is 0. The molecule has 0 amide bonds. The molecule has 1 aliphatic heterocycles. The van der Waals surface area contributed by atoms with E-state index in [1.165, 1.54) is 6.07 Å². The lowest BCUT2D eigenvalue weighted by molar-refractivity contribution is -0.0168. The van der Waals surface area contributed by atoms with Gasteiger partial charge in [-0.2, -0.15) is 0 Å². The minimum atomic E-state index is -0.485. The van der Waals surface area contributed by atoms with Crippen LogP contribution in [-0.4, -0.2) is 6.79 Å². The maximum atomic E-state index is 13.9. The Morgan fingerprint density at radius 3 is 2.81 bits per heavy atom. The van der Waals surface area contributed by atoms with Gasteiger partial charge in [0.05, 0.1) is 6.61 Å². The van der Waals surface area contributed by atoms with E-state index in [0.717, 1.165) is 24.8 Å². The summed E-state index contributed by atoms with van der Waals surface area (Å²) in [5, 5.41) is 0. The predicted molar refractivity (Wildman–Crippen MR) is 56.4 cm³/mol. The molecular weight excluding hydrogens is 209 g/mol. The largest absolute Gasteiger partial charge is 0.467 e. The molecule has 0 atom stereocenters. The van der Waals surface area contributed by atoms with Crippen LogP contribution in [0.4, 0.5) is 4.39 Å². The molecule has 1 aromatic carbocycles. The van der Waals surface area contributed by atoms with Crippen molar-refractivity contribution in [2.45, 2.75) is 31.4 Å². The Morgan fingerprint density at radius 2 is 2.12 bits per heavy atom. The summed E-state index contributed by atoms with van der Waals surface area (Å²) < 4.78 is 24.3. The van der Waals surface area contributed by atoms with E-state index in [1.54, 1.807) is 6.07 Å². The van der Waals surface area contributed by atoms with Gasteiger partial charge in [0.2, 0.25) is 0 Å². The van der Waals surface area contributed by atoms with Gasteiger partial charge in [0.1, 0.15) is 11.6 Å². The van der Waals surface area contributed by atoms with Crippen molar-refractivity contribution in [3.63, 3.8) is 0 Å². The topological polar surface area (TPSA) is 44.5 Å². The standard InChI is InChI=1S/C12H14FNO2/c13-10-4-8-6-15-7-16-11(8)5-9(10)12(14)2-1-3-12/h4-5H,1-3,6-7,14H2. The monoisotopic (exact) mass is 223 g/mol. The zero-order valence-corrected chi connectivity index (χ0v) is 8.96. The maximum absolute atomic E-state index is 13.9. The minimum absolute atomic E-state index is 0.232. The molecule has 16 heavy (non-hydrogen) atoms. The van der Waals surface area contributed by atoms with Gasteiger partial charge in [-0.05, 0) is 31.4 Å². The van der Waals surface area contributed by atoms with E-state index >= 15 is 0 Å². The SMILES string of the molecule is NC1(c2cc3c(cc2F)COCO3)CCC1. The first-order chi connectivity index (χ1) is 7.69. The molecule has 3 nitrogen and oxygen atoms in total. The van der Waals surface area contributed by atoms with Gasteiger partial charge in [0.25, 0.3) is 0 Å². The zero-order chi connectivity index (χ0) is 11.2. The van der Waals surface area contributed by atoms with Crippen molar-refractivity contribution in [1.82, 2.24) is 0 Å². The predicted octanol–water partition coefficient (Wildman–Crippen LogP) is 2.03. The van der Waals surface area contributed by atoms with Crippen LogP contribution in [-0.2, 0) is 16.9 Å². The van der Waals surface area contributed by atoms with Crippen molar-refractivity contribution in [3.05, 3.63) is 29.1 Å². The molecule has 0 bridgehead atoms. The number of nitrogens with two attached hydrogens (primary N) is 1. The molecular formula is C12H14FNO2. The van der Waals surface area contributed by atoms with Crippen LogP contribution in [0.5, 0.6) is 5.75 Å². The number of fused-ring (bicyclic) bond motifs is 1. The van der Waals surface area contributed by atoms with Gasteiger partial charge in [0.15, 0.2) is 6.79 Å². The smallest absolute Gasteiger partial charge is 0.189 e. The van der Waals surface area contributed by atoms with Crippen LogP contribution in [0.3, 0.4) is 0 Å². The molecule has 0 radical (unpaired) electrons. The van der Waals surface area contributed by atoms with Crippen molar-refractivity contribution in [3.8, 4) is 5.75 Å². The highest BCUT2D eigenvalue weighted by Crippen LogP contribution is 2.42. The first kappa shape index (κ1) is 10.1. The zero-order valence-electron chi connectivity index (χ0n) is 8.96. The van der Waals surface area contributed by atoms with E-state index in [0.29, 0.717) is 17.9 Å². The normalized spacial score (nSPS) is 21.9. The average molecular weight is 223 g/mol. The summed E-state index contributed by atoms with van der Waals surface area (Å²) in [5.41, 5.74) is 6.99. The van der Waals surface area contributed by atoms with Gasteiger partial charge in [-0.1, -0.05) is 0 Å². The first-order valence-electron chi connectivity index (χ1n) is 5.51. The molecule has 0 saturated heterocycles. The second kappa shape index (κ2) is 3.43. The van der Waals surface area contributed by atoms with Crippen LogP contribution >= 0.6 is 0 Å². The van der Waals surface area contributed by atoms with Crippen LogP contribution in [0.2, 0.25) is 0 Å². The van der Waals surface area contributed by atoms with Crippen LogP contribution in [0.15, 0.2) is 12.1 Å². The molecule has 0 aromatic heterocycles. The minimum Gasteiger partial charge on any atom is -0.467 e. The van der Waals surface area contributed by atoms with E-state index in [1.807, 2.05) is 0 Å². The molecule has 1 saturated carbocycles. The van der Waals surface area contributed by atoms with Crippen molar-refractivity contribution in [2.24, 2.45) is 5.73 Å². The molecule has 1 fully saturated rings. The summed E-state index contributed by atoms with van der Waals surface area (Å²) >= 11 is 0. The number of ether oxygens (including phenoxy) is 2. The first-order valence-corrected chi connectivity index (χ1v) is 5.51. The van der Waals surface area contributed by atoms with Gasteiger partial charge in [-0.25, -0.2) is 4.39 Å². The molecule has 2 N–H and O–H groups in total. The fraction of sp³-hybridized carbons (Fsp3) is 0.500. The number of hydrogen-bond acceptors (Lipinski definition) is 3. The molecule has 1 heterocycles. The van der Waals surface area contributed by atoms with Crippen LogP contribution in [0.1, 0.15) is 30.4 Å². The lowest BCUT2D eigenvalue weighted by atomic mass is 9.72. The molecule has 2 aliphatic rings. The molecule has 3 rings (SSSR count). The number of hydrogen-bond donors (Lipinski definition) is 1. The molecule has 0 unspecified atom stereocenters. The Morgan fingerprint density at radius 1 is 1.31 bits per heavy atom. The van der Waals surface area contributed by atoms with E-state index in [9.17, 15) is 4.39 Å². The van der Waals surface area contributed by atoms with Gasteiger partial charge >= 0.3 is 0 Å². The molecule has 1 aromatic rings. The third-order valence-corrected chi connectivity index (χ3v) is 3.49. The molecule has 0 spiro atoms. The molecule has 86 valence electrons. The van der Waals surface area contributed by atoms with E-state index in [-0.39, 0.29) is 12.6 Å².